The maximum absolute atomic E-state index is 13.9. The van der Waals surface area contributed by atoms with Crippen molar-refractivity contribution in [3.8, 4) is 28.8 Å². The number of carbonyl (C=O) groups excluding carboxylic acids is 1. The van der Waals surface area contributed by atoms with Crippen LogP contribution in [0.25, 0.3) is 22.8 Å². The molecule has 1 aliphatic carbocycles. The standard InChI is InChI=1S/C29H26BrF3N6O2/c1-37-26(24-13-14-35-38(24)22-11-7-19(17-34)8-12-22)25(27(40)36-21-9-5-18(16-30)6-10-21)28(41)39(37)23-4-2-3-20(15-23)29(31,32)33/h2-4,7-8,11-15,18,21H,5-6,9-10,16H2,1H3,(H,36,40). The molecule has 0 spiro atoms. The van der Waals surface area contributed by atoms with E-state index in [2.05, 4.69) is 32.4 Å². The largest absolute Gasteiger partial charge is 0.416 e. The summed E-state index contributed by atoms with van der Waals surface area (Å²) in [6.07, 6.45) is 0.263. The molecule has 1 amide bonds. The second-order valence-corrected chi connectivity index (χ2v) is 10.7. The number of nitrogens with zero attached hydrogens (tertiary/aromatic N) is 5. The normalized spacial score (nSPS) is 17.3. The summed E-state index contributed by atoms with van der Waals surface area (Å²) >= 11 is 3.51. The molecule has 8 nitrogen and oxygen atoms in total. The fourth-order valence-corrected chi connectivity index (χ4v) is 5.94. The van der Waals surface area contributed by atoms with Crippen molar-refractivity contribution < 1.29 is 18.0 Å². The highest BCUT2D eigenvalue weighted by molar-refractivity contribution is 9.09. The summed E-state index contributed by atoms with van der Waals surface area (Å²) in [5.41, 5.74) is -0.294. The van der Waals surface area contributed by atoms with Crippen LogP contribution in [0.1, 0.15) is 47.2 Å². The summed E-state index contributed by atoms with van der Waals surface area (Å²) in [5.74, 6) is -0.0726. The molecule has 0 saturated heterocycles. The fraction of sp³-hybridized carbons (Fsp3) is 0.310. The molecule has 2 aromatic carbocycles. The Morgan fingerprint density at radius 3 is 2.44 bits per heavy atom. The number of rotatable bonds is 6. The number of hydrogen-bond acceptors (Lipinski definition) is 4. The lowest BCUT2D eigenvalue weighted by Crippen LogP contribution is -2.40. The number of hydrogen-bond donors (Lipinski definition) is 1. The minimum atomic E-state index is -4.62. The Morgan fingerprint density at radius 1 is 1.10 bits per heavy atom. The Bertz CT molecular complexity index is 1670. The van der Waals surface area contributed by atoms with Gasteiger partial charge in [-0.3, -0.25) is 14.3 Å². The zero-order chi connectivity index (χ0) is 29.3. The number of amides is 1. The van der Waals surface area contributed by atoms with Gasteiger partial charge in [-0.05, 0) is 80.1 Å². The van der Waals surface area contributed by atoms with Gasteiger partial charge in [0.2, 0.25) is 0 Å². The molecule has 0 radical (unpaired) electrons. The molecule has 4 aromatic rings. The number of benzene rings is 2. The molecule has 2 heterocycles. The monoisotopic (exact) mass is 626 g/mol. The van der Waals surface area contributed by atoms with E-state index in [1.807, 2.05) is 0 Å². The van der Waals surface area contributed by atoms with Gasteiger partial charge in [-0.15, -0.1) is 0 Å². The van der Waals surface area contributed by atoms with Gasteiger partial charge in [0.15, 0.2) is 0 Å². The smallest absolute Gasteiger partial charge is 0.349 e. The molecule has 12 heteroatoms. The van der Waals surface area contributed by atoms with Crippen LogP contribution in [0, 0.1) is 17.2 Å². The molecule has 1 N–H and O–H groups in total. The van der Waals surface area contributed by atoms with E-state index in [1.54, 1.807) is 30.3 Å². The summed E-state index contributed by atoms with van der Waals surface area (Å²) in [4.78, 5) is 27.7. The van der Waals surface area contributed by atoms with E-state index in [0.29, 0.717) is 22.9 Å². The van der Waals surface area contributed by atoms with Crippen molar-refractivity contribution in [2.24, 2.45) is 13.0 Å². The number of alkyl halides is 4. The number of aromatic nitrogens is 4. The van der Waals surface area contributed by atoms with E-state index >= 15 is 0 Å². The van der Waals surface area contributed by atoms with Crippen LogP contribution in [-0.2, 0) is 13.2 Å². The highest BCUT2D eigenvalue weighted by atomic mass is 79.9. The molecule has 0 atom stereocenters. The van der Waals surface area contributed by atoms with Crippen molar-refractivity contribution in [1.29, 1.82) is 5.26 Å². The lowest BCUT2D eigenvalue weighted by atomic mass is 9.87. The second kappa shape index (κ2) is 11.4. The first-order valence-corrected chi connectivity index (χ1v) is 14.2. The molecule has 1 aliphatic rings. The molecule has 0 unspecified atom stereocenters. The van der Waals surface area contributed by atoms with Gasteiger partial charge < -0.3 is 5.32 Å². The summed E-state index contributed by atoms with van der Waals surface area (Å²) in [7, 11) is 1.52. The predicted octanol–water partition coefficient (Wildman–Crippen LogP) is 5.60. The topological polar surface area (TPSA) is 97.6 Å². The number of nitriles is 1. The van der Waals surface area contributed by atoms with Crippen LogP contribution in [0.5, 0.6) is 0 Å². The SMILES string of the molecule is Cn1c(-c2ccnn2-c2ccc(C#N)cc2)c(C(=O)NC2CCC(CBr)CC2)c(=O)n1-c1cccc(C(F)(F)F)c1. The maximum Gasteiger partial charge on any atom is 0.416 e. The van der Waals surface area contributed by atoms with Gasteiger partial charge in [-0.2, -0.15) is 23.5 Å². The lowest BCUT2D eigenvalue weighted by molar-refractivity contribution is -0.137. The highest BCUT2D eigenvalue weighted by Gasteiger charge is 2.33. The van der Waals surface area contributed by atoms with Gasteiger partial charge in [0.25, 0.3) is 11.5 Å². The molecule has 5 rings (SSSR count). The van der Waals surface area contributed by atoms with Crippen LogP contribution in [0.4, 0.5) is 13.2 Å². The third-order valence-electron chi connectivity index (χ3n) is 7.44. The predicted molar refractivity (Wildman–Crippen MR) is 150 cm³/mol. The van der Waals surface area contributed by atoms with Crippen molar-refractivity contribution >= 4 is 21.8 Å². The van der Waals surface area contributed by atoms with Gasteiger partial charge in [0.1, 0.15) is 11.3 Å². The summed E-state index contributed by atoms with van der Waals surface area (Å²) < 4.78 is 44.6. The van der Waals surface area contributed by atoms with Gasteiger partial charge in [0.05, 0.1) is 40.5 Å². The average molecular weight is 627 g/mol. The van der Waals surface area contributed by atoms with E-state index in [-0.39, 0.29) is 23.0 Å². The van der Waals surface area contributed by atoms with Crippen molar-refractivity contribution in [3.05, 3.63) is 87.8 Å². The highest BCUT2D eigenvalue weighted by Crippen LogP contribution is 2.32. The number of carbonyl (C=O) groups is 1. The summed E-state index contributed by atoms with van der Waals surface area (Å²) in [5, 5.41) is 17.4. The van der Waals surface area contributed by atoms with Crippen LogP contribution >= 0.6 is 15.9 Å². The average Bonchev–Trinajstić information content (AvgIpc) is 3.54. The zero-order valence-electron chi connectivity index (χ0n) is 22.0. The van der Waals surface area contributed by atoms with Gasteiger partial charge in [-0.1, -0.05) is 22.0 Å². The molecular formula is C29H26BrF3N6O2. The first kappa shape index (κ1) is 28.4. The van der Waals surface area contributed by atoms with Crippen molar-refractivity contribution in [3.63, 3.8) is 0 Å². The summed E-state index contributed by atoms with van der Waals surface area (Å²) in [6.45, 7) is 0. The Morgan fingerprint density at radius 2 is 1.80 bits per heavy atom. The molecule has 1 saturated carbocycles. The zero-order valence-corrected chi connectivity index (χ0v) is 23.6. The quantitative estimate of drug-likeness (QED) is 0.282. The van der Waals surface area contributed by atoms with Crippen molar-refractivity contribution in [1.82, 2.24) is 24.5 Å². The number of halogens is 4. The second-order valence-electron chi connectivity index (χ2n) is 10.0. The molecule has 0 aliphatic heterocycles. The minimum Gasteiger partial charge on any atom is -0.349 e. The third-order valence-corrected chi connectivity index (χ3v) is 8.35. The molecule has 2 aromatic heterocycles. The first-order valence-electron chi connectivity index (χ1n) is 13.0. The molecule has 1 fully saturated rings. The van der Waals surface area contributed by atoms with Crippen LogP contribution in [0.15, 0.2) is 65.6 Å². The molecular weight excluding hydrogens is 601 g/mol. The van der Waals surface area contributed by atoms with Gasteiger partial charge in [0, 0.05) is 18.4 Å². The molecule has 41 heavy (non-hydrogen) atoms. The van der Waals surface area contributed by atoms with E-state index in [4.69, 9.17) is 5.26 Å². The van der Waals surface area contributed by atoms with Crippen molar-refractivity contribution in [2.75, 3.05) is 5.33 Å². The van der Waals surface area contributed by atoms with Crippen LogP contribution < -0.4 is 10.9 Å². The van der Waals surface area contributed by atoms with Gasteiger partial charge >= 0.3 is 6.18 Å². The molecule has 212 valence electrons. The van der Waals surface area contributed by atoms with E-state index in [0.717, 1.165) is 47.8 Å². The fourth-order valence-electron chi connectivity index (χ4n) is 5.29. The van der Waals surface area contributed by atoms with E-state index in [1.165, 1.54) is 34.7 Å². The van der Waals surface area contributed by atoms with Crippen molar-refractivity contribution in [2.45, 2.75) is 37.9 Å². The van der Waals surface area contributed by atoms with Gasteiger partial charge in [-0.25, -0.2) is 9.36 Å². The molecule has 0 bridgehead atoms. The maximum atomic E-state index is 13.9. The Balaban J connectivity index is 1.65. The lowest BCUT2D eigenvalue weighted by Gasteiger charge is -2.27. The van der Waals surface area contributed by atoms with Crippen LogP contribution in [-0.4, -0.2) is 36.4 Å². The van der Waals surface area contributed by atoms with Crippen LogP contribution in [0.3, 0.4) is 0 Å². The Labute approximate surface area is 242 Å². The third kappa shape index (κ3) is 5.59. The first-order chi connectivity index (χ1) is 19.6. The van der Waals surface area contributed by atoms with E-state index < -0.39 is 23.2 Å². The Hall–Kier alpha value is -4.11. The Kier molecular flexibility index (Phi) is 7.91. The van der Waals surface area contributed by atoms with E-state index in [9.17, 15) is 22.8 Å². The minimum absolute atomic E-state index is 0.0325. The summed E-state index contributed by atoms with van der Waals surface area (Å²) in [6, 6.07) is 14.6. The van der Waals surface area contributed by atoms with Crippen LogP contribution in [0.2, 0.25) is 0 Å². The number of nitrogens with one attached hydrogen (secondary N) is 1.